The number of nitrogens with zero attached hydrogens (tertiary/aromatic N) is 2. The van der Waals surface area contributed by atoms with E-state index in [0.29, 0.717) is 25.6 Å². The molecule has 2 aliphatic rings. The Morgan fingerprint density at radius 2 is 1.80 bits per heavy atom. The van der Waals surface area contributed by atoms with Gasteiger partial charge >= 0.3 is 0 Å². The monoisotopic (exact) mass is 446 g/mol. The molecule has 0 N–H and O–H groups in total. The normalized spacial score (nSPS) is 18.3. The summed E-state index contributed by atoms with van der Waals surface area (Å²) in [4.78, 5) is 15.5. The Bertz CT molecular complexity index is 1020. The van der Waals surface area contributed by atoms with Crippen molar-refractivity contribution < 1.29 is 13.2 Å². The Labute approximate surface area is 183 Å². The average Bonchev–Trinajstić information content (AvgIpc) is 3.44. The van der Waals surface area contributed by atoms with Crippen LogP contribution in [0.25, 0.3) is 0 Å². The third kappa shape index (κ3) is 4.41. The Hall–Kier alpha value is -1.89. The number of hydrogen-bond donors (Lipinski definition) is 0. The largest absolute Gasteiger partial charge is 0.331 e. The molecule has 1 atom stereocenters. The van der Waals surface area contributed by atoms with Gasteiger partial charge in [-0.15, -0.1) is 0 Å². The molecule has 2 fully saturated rings. The number of halogens is 1. The van der Waals surface area contributed by atoms with Crippen molar-refractivity contribution in [1.82, 2.24) is 9.21 Å². The quantitative estimate of drug-likeness (QED) is 0.626. The van der Waals surface area contributed by atoms with E-state index in [1.54, 1.807) is 0 Å². The molecule has 1 saturated carbocycles. The topological polar surface area (TPSA) is 57.7 Å². The Morgan fingerprint density at radius 3 is 2.43 bits per heavy atom. The van der Waals surface area contributed by atoms with Crippen molar-refractivity contribution in [2.75, 3.05) is 13.1 Å². The summed E-state index contributed by atoms with van der Waals surface area (Å²) in [6, 6.07) is 14.4. The third-order valence-corrected chi connectivity index (χ3v) is 8.35. The van der Waals surface area contributed by atoms with Crippen LogP contribution in [0.5, 0.6) is 0 Å². The van der Waals surface area contributed by atoms with Crippen LogP contribution >= 0.6 is 11.6 Å². The first-order valence-corrected chi connectivity index (χ1v) is 12.3. The van der Waals surface area contributed by atoms with Gasteiger partial charge in [0.15, 0.2) is 0 Å². The van der Waals surface area contributed by atoms with E-state index in [2.05, 4.69) is 6.92 Å². The van der Waals surface area contributed by atoms with Gasteiger partial charge in [-0.1, -0.05) is 41.9 Å². The van der Waals surface area contributed by atoms with E-state index in [-0.39, 0.29) is 27.4 Å². The molecule has 1 saturated heterocycles. The molecule has 0 spiro atoms. The van der Waals surface area contributed by atoms with Gasteiger partial charge in [-0.25, -0.2) is 8.42 Å². The number of benzene rings is 2. The van der Waals surface area contributed by atoms with Gasteiger partial charge < -0.3 is 4.90 Å². The summed E-state index contributed by atoms with van der Waals surface area (Å²) in [7, 11) is -3.62. The van der Waals surface area contributed by atoms with Crippen LogP contribution in [0.4, 0.5) is 0 Å². The molecule has 0 aromatic heterocycles. The van der Waals surface area contributed by atoms with Gasteiger partial charge in [0, 0.05) is 25.7 Å². The van der Waals surface area contributed by atoms with E-state index >= 15 is 0 Å². The standard InChI is InChI=1S/C23H27ClN2O3S/c1-17(19-9-10-19)26(16-18-7-3-2-4-8-18)23(27)21-15-20(11-12-22(21)24)30(28,29)25-13-5-6-14-25/h2-4,7-8,11-12,15,17,19H,5-6,9-10,13-14,16H2,1H3. The van der Waals surface area contributed by atoms with E-state index in [4.69, 9.17) is 11.6 Å². The van der Waals surface area contributed by atoms with Gasteiger partial charge in [-0.05, 0) is 62.3 Å². The highest BCUT2D eigenvalue weighted by Gasteiger charge is 2.36. The maximum Gasteiger partial charge on any atom is 0.255 e. The second-order valence-electron chi connectivity index (χ2n) is 8.25. The lowest BCUT2D eigenvalue weighted by Crippen LogP contribution is -2.39. The number of amides is 1. The minimum absolute atomic E-state index is 0.0626. The van der Waals surface area contributed by atoms with Crippen molar-refractivity contribution in [1.29, 1.82) is 0 Å². The van der Waals surface area contributed by atoms with Crippen molar-refractivity contribution >= 4 is 27.5 Å². The van der Waals surface area contributed by atoms with Crippen LogP contribution in [0.2, 0.25) is 5.02 Å². The van der Waals surface area contributed by atoms with Gasteiger partial charge in [0.2, 0.25) is 10.0 Å². The van der Waals surface area contributed by atoms with Crippen molar-refractivity contribution in [2.24, 2.45) is 5.92 Å². The summed E-state index contributed by atoms with van der Waals surface area (Å²) >= 11 is 6.39. The SMILES string of the molecule is CC(C1CC1)N(Cc1ccccc1)C(=O)c1cc(S(=O)(=O)N2CCCC2)ccc1Cl. The van der Waals surface area contributed by atoms with E-state index in [1.165, 1.54) is 22.5 Å². The predicted octanol–water partition coefficient (Wildman–Crippen LogP) is 4.57. The van der Waals surface area contributed by atoms with Crippen molar-refractivity contribution in [3.63, 3.8) is 0 Å². The lowest BCUT2D eigenvalue weighted by Gasteiger charge is -2.30. The van der Waals surface area contributed by atoms with E-state index in [0.717, 1.165) is 31.2 Å². The molecule has 0 radical (unpaired) electrons. The highest BCUT2D eigenvalue weighted by Crippen LogP contribution is 2.37. The summed E-state index contributed by atoms with van der Waals surface area (Å²) in [5.74, 6) is 0.259. The van der Waals surface area contributed by atoms with Gasteiger partial charge in [0.1, 0.15) is 0 Å². The molecule has 5 nitrogen and oxygen atoms in total. The lowest BCUT2D eigenvalue weighted by atomic mass is 10.1. The van der Waals surface area contributed by atoms with Crippen LogP contribution in [-0.2, 0) is 16.6 Å². The van der Waals surface area contributed by atoms with Crippen LogP contribution in [0, 0.1) is 5.92 Å². The van der Waals surface area contributed by atoms with E-state index in [9.17, 15) is 13.2 Å². The maximum absolute atomic E-state index is 13.6. The second kappa shape index (κ2) is 8.69. The number of rotatable bonds is 7. The molecule has 2 aromatic rings. The molecule has 1 amide bonds. The summed E-state index contributed by atoms with van der Waals surface area (Å²) in [6.07, 6.45) is 3.94. The zero-order chi connectivity index (χ0) is 21.3. The number of hydrogen-bond acceptors (Lipinski definition) is 3. The predicted molar refractivity (Wildman–Crippen MR) is 118 cm³/mol. The van der Waals surface area contributed by atoms with Crippen LogP contribution in [0.15, 0.2) is 53.4 Å². The Morgan fingerprint density at radius 1 is 1.13 bits per heavy atom. The zero-order valence-corrected chi connectivity index (χ0v) is 18.7. The minimum atomic E-state index is -3.62. The average molecular weight is 447 g/mol. The molecule has 1 aliphatic heterocycles. The fraction of sp³-hybridized carbons (Fsp3) is 0.435. The highest BCUT2D eigenvalue weighted by molar-refractivity contribution is 7.89. The van der Waals surface area contributed by atoms with Gasteiger partial charge in [0.05, 0.1) is 15.5 Å². The molecule has 0 bridgehead atoms. The molecule has 160 valence electrons. The van der Waals surface area contributed by atoms with Crippen molar-refractivity contribution in [2.45, 2.75) is 50.1 Å². The van der Waals surface area contributed by atoms with Crippen LogP contribution in [0.1, 0.15) is 48.5 Å². The zero-order valence-electron chi connectivity index (χ0n) is 17.1. The van der Waals surface area contributed by atoms with Crippen LogP contribution in [0.3, 0.4) is 0 Å². The molecule has 7 heteroatoms. The minimum Gasteiger partial charge on any atom is -0.331 e. The molecule has 1 aliphatic carbocycles. The number of sulfonamides is 1. The first-order valence-electron chi connectivity index (χ1n) is 10.5. The Balaban J connectivity index is 1.67. The molecular formula is C23H27ClN2O3S. The molecule has 30 heavy (non-hydrogen) atoms. The molecule has 4 rings (SSSR count). The van der Waals surface area contributed by atoms with Gasteiger partial charge in [0.25, 0.3) is 5.91 Å². The second-order valence-corrected chi connectivity index (χ2v) is 10.6. The molecule has 1 unspecified atom stereocenters. The van der Waals surface area contributed by atoms with Crippen molar-refractivity contribution in [3.05, 3.63) is 64.7 Å². The smallest absolute Gasteiger partial charge is 0.255 e. The molecular weight excluding hydrogens is 420 g/mol. The third-order valence-electron chi connectivity index (χ3n) is 6.12. The highest BCUT2D eigenvalue weighted by atomic mass is 35.5. The summed E-state index contributed by atoms with van der Waals surface area (Å²) in [5, 5.41) is 0.279. The fourth-order valence-corrected chi connectivity index (χ4v) is 5.82. The van der Waals surface area contributed by atoms with Crippen LogP contribution in [-0.4, -0.2) is 42.7 Å². The number of carbonyl (C=O) groups is 1. The molecule has 2 aromatic carbocycles. The Kier molecular flexibility index (Phi) is 6.19. The maximum atomic E-state index is 13.6. The summed E-state index contributed by atoms with van der Waals surface area (Å²) < 4.78 is 27.5. The fourth-order valence-electron chi connectivity index (χ4n) is 4.07. The summed E-state index contributed by atoms with van der Waals surface area (Å²) in [5.41, 5.74) is 1.29. The number of carbonyl (C=O) groups excluding carboxylic acids is 1. The van der Waals surface area contributed by atoms with Crippen molar-refractivity contribution in [3.8, 4) is 0 Å². The van der Waals surface area contributed by atoms with Gasteiger partial charge in [-0.3, -0.25) is 4.79 Å². The van der Waals surface area contributed by atoms with Crippen LogP contribution < -0.4 is 0 Å². The van der Waals surface area contributed by atoms with E-state index in [1.807, 2.05) is 35.2 Å². The lowest BCUT2D eigenvalue weighted by molar-refractivity contribution is 0.0654. The van der Waals surface area contributed by atoms with E-state index < -0.39 is 10.0 Å². The summed E-state index contributed by atoms with van der Waals surface area (Å²) in [6.45, 7) is 3.58. The van der Waals surface area contributed by atoms with Gasteiger partial charge in [-0.2, -0.15) is 4.31 Å². The molecule has 1 heterocycles. The first-order chi connectivity index (χ1) is 14.4. The first kappa shape index (κ1) is 21.3.